The first-order chi connectivity index (χ1) is 7.15. The van der Waals surface area contributed by atoms with E-state index < -0.39 is 11.6 Å². The molecule has 0 aliphatic heterocycles. The summed E-state index contributed by atoms with van der Waals surface area (Å²) < 4.78 is 25.6. The maximum Gasteiger partial charge on any atom is 0.147 e. The second-order valence-corrected chi connectivity index (χ2v) is 3.18. The first-order valence-electron chi connectivity index (χ1n) is 4.01. The number of nitrogens with zero attached hydrogens (tertiary/aromatic N) is 2. The largest absolute Gasteiger partial charge is 0.251 e. The zero-order valence-corrected chi connectivity index (χ0v) is 8.09. The van der Waals surface area contributed by atoms with Crippen molar-refractivity contribution in [3.8, 4) is 11.3 Å². The first-order valence-corrected chi connectivity index (χ1v) is 4.39. The van der Waals surface area contributed by atoms with Gasteiger partial charge in [-0.25, -0.2) is 13.8 Å². The minimum Gasteiger partial charge on any atom is -0.251 e. The molecule has 0 saturated heterocycles. The smallest absolute Gasteiger partial charge is 0.147 e. The van der Waals surface area contributed by atoms with E-state index in [4.69, 9.17) is 11.6 Å². The fourth-order valence-corrected chi connectivity index (χ4v) is 1.21. The minimum atomic E-state index is -0.776. The first kappa shape index (κ1) is 9.98. The number of hydrogen-bond acceptors (Lipinski definition) is 2. The molecular formula is C10H4ClF2N2. The molecule has 0 unspecified atom stereocenters. The van der Waals surface area contributed by atoms with E-state index in [0.29, 0.717) is 11.3 Å². The van der Waals surface area contributed by atoms with Gasteiger partial charge in [-0.05, 0) is 12.1 Å². The summed E-state index contributed by atoms with van der Waals surface area (Å²) in [6.07, 6.45) is 2.65. The van der Waals surface area contributed by atoms with Gasteiger partial charge < -0.3 is 0 Å². The topological polar surface area (TPSA) is 25.8 Å². The van der Waals surface area contributed by atoms with Crippen LogP contribution >= 0.6 is 11.6 Å². The molecule has 0 N–H and O–H groups in total. The number of halogens is 3. The van der Waals surface area contributed by atoms with Crippen LogP contribution in [-0.2, 0) is 0 Å². The summed E-state index contributed by atoms with van der Waals surface area (Å²) >= 11 is 5.53. The van der Waals surface area contributed by atoms with Crippen LogP contribution in [0.1, 0.15) is 0 Å². The summed E-state index contributed by atoms with van der Waals surface area (Å²) in [5.41, 5.74) is 0.652. The Morgan fingerprint density at radius 3 is 2.27 bits per heavy atom. The van der Waals surface area contributed by atoms with Crippen molar-refractivity contribution in [2.24, 2.45) is 0 Å². The van der Waals surface area contributed by atoms with Crippen molar-refractivity contribution in [2.45, 2.75) is 0 Å². The highest BCUT2D eigenvalue weighted by atomic mass is 35.5. The van der Waals surface area contributed by atoms with Crippen LogP contribution in [0.3, 0.4) is 0 Å². The van der Waals surface area contributed by atoms with Gasteiger partial charge in [0.15, 0.2) is 0 Å². The molecule has 0 atom stereocenters. The molecule has 1 heterocycles. The zero-order chi connectivity index (χ0) is 10.8. The lowest BCUT2D eigenvalue weighted by molar-refractivity contribution is 0.580. The predicted octanol–water partition coefficient (Wildman–Crippen LogP) is 2.88. The zero-order valence-electron chi connectivity index (χ0n) is 7.34. The average molecular weight is 226 g/mol. The quantitative estimate of drug-likeness (QED) is 0.746. The van der Waals surface area contributed by atoms with Gasteiger partial charge in [-0.3, -0.25) is 4.98 Å². The Bertz CT molecular complexity index is 465. The lowest BCUT2D eigenvalue weighted by Crippen LogP contribution is -1.88. The highest BCUT2D eigenvalue weighted by molar-refractivity contribution is 6.29. The summed E-state index contributed by atoms with van der Waals surface area (Å²) in [5, 5.41) is 0.224. The van der Waals surface area contributed by atoms with E-state index in [0.717, 1.165) is 12.1 Å². The van der Waals surface area contributed by atoms with Crippen molar-refractivity contribution >= 4 is 11.6 Å². The molecule has 0 aliphatic carbocycles. The average Bonchev–Trinajstić information content (AvgIpc) is 2.17. The normalized spacial score (nSPS) is 10.3. The molecule has 75 valence electrons. The molecule has 2 nitrogen and oxygen atoms in total. The number of hydrogen-bond donors (Lipinski definition) is 0. The van der Waals surface area contributed by atoms with Crippen molar-refractivity contribution in [3.63, 3.8) is 0 Å². The Morgan fingerprint density at radius 2 is 1.73 bits per heavy atom. The lowest BCUT2D eigenvalue weighted by Gasteiger charge is -2.00. The number of rotatable bonds is 1. The summed E-state index contributed by atoms with van der Waals surface area (Å²) in [7, 11) is 0. The standard InChI is InChI=1S/C10H4ClF2N2/c11-10-5-14-9(4-15-10)6-1-7(12)3-8(13)2-6/h1-2,4-5H. The van der Waals surface area contributed by atoms with Crippen molar-refractivity contribution < 1.29 is 8.78 Å². The Labute approximate surface area is 89.6 Å². The fraction of sp³-hybridized carbons (Fsp3) is 0. The van der Waals surface area contributed by atoms with Gasteiger partial charge >= 0.3 is 0 Å². The molecule has 0 saturated carbocycles. The van der Waals surface area contributed by atoms with Gasteiger partial charge in [0.05, 0.1) is 24.2 Å². The maximum absolute atomic E-state index is 12.8. The van der Waals surface area contributed by atoms with E-state index in [2.05, 4.69) is 9.97 Å². The summed E-state index contributed by atoms with van der Waals surface area (Å²) in [6.45, 7) is 0. The molecule has 0 amide bonds. The third-order valence-electron chi connectivity index (χ3n) is 1.72. The van der Waals surface area contributed by atoms with Crippen molar-refractivity contribution in [2.75, 3.05) is 0 Å². The predicted molar refractivity (Wildman–Crippen MR) is 51.2 cm³/mol. The van der Waals surface area contributed by atoms with Crippen LogP contribution in [0.5, 0.6) is 0 Å². The van der Waals surface area contributed by atoms with E-state index >= 15 is 0 Å². The molecule has 2 aromatic rings. The molecule has 0 bridgehead atoms. The van der Waals surface area contributed by atoms with Crippen molar-refractivity contribution in [3.05, 3.63) is 47.4 Å². The second-order valence-electron chi connectivity index (χ2n) is 2.79. The summed E-state index contributed by atoms with van der Waals surface area (Å²) in [6, 6.07) is 4.14. The van der Waals surface area contributed by atoms with E-state index in [1.165, 1.54) is 12.4 Å². The molecular weight excluding hydrogens is 222 g/mol. The van der Waals surface area contributed by atoms with Gasteiger partial charge in [0, 0.05) is 5.56 Å². The number of benzene rings is 1. The monoisotopic (exact) mass is 225 g/mol. The molecule has 1 aromatic heterocycles. The van der Waals surface area contributed by atoms with Gasteiger partial charge in [-0.1, -0.05) is 11.6 Å². The SMILES string of the molecule is Fc1[c]c(F)cc(-c2cnc(Cl)cn2)c1. The lowest BCUT2D eigenvalue weighted by atomic mass is 10.1. The third kappa shape index (κ3) is 2.27. The molecule has 15 heavy (non-hydrogen) atoms. The Hall–Kier alpha value is -1.55. The molecule has 0 aliphatic rings. The molecule has 5 heteroatoms. The van der Waals surface area contributed by atoms with Crippen LogP contribution in [0.15, 0.2) is 24.5 Å². The van der Waals surface area contributed by atoms with E-state index in [1.54, 1.807) is 0 Å². The molecule has 1 radical (unpaired) electrons. The molecule has 2 rings (SSSR count). The van der Waals surface area contributed by atoms with Gasteiger partial charge in [0.2, 0.25) is 0 Å². The van der Waals surface area contributed by atoms with Crippen LogP contribution < -0.4 is 0 Å². The van der Waals surface area contributed by atoms with Crippen molar-refractivity contribution in [1.29, 1.82) is 0 Å². The third-order valence-corrected chi connectivity index (χ3v) is 1.91. The van der Waals surface area contributed by atoms with E-state index in [1.807, 2.05) is 6.07 Å². The van der Waals surface area contributed by atoms with Gasteiger partial charge in [0.25, 0.3) is 0 Å². The number of aromatic nitrogens is 2. The highest BCUT2D eigenvalue weighted by Gasteiger charge is 2.05. The molecule has 1 aromatic carbocycles. The van der Waals surface area contributed by atoms with Crippen molar-refractivity contribution in [1.82, 2.24) is 9.97 Å². The van der Waals surface area contributed by atoms with Crippen LogP contribution in [0.2, 0.25) is 5.15 Å². The van der Waals surface area contributed by atoms with Crippen LogP contribution in [0.25, 0.3) is 11.3 Å². The molecule has 0 fully saturated rings. The van der Waals surface area contributed by atoms with Crippen LogP contribution in [0.4, 0.5) is 8.78 Å². The van der Waals surface area contributed by atoms with Gasteiger partial charge in [-0.2, -0.15) is 0 Å². The minimum absolute atomic E-state index is 0.224. The van der Waals surface area contributed by atoms with Crippen LogP contribution in [0, 0.1) is 17.7 Å². The maximum atomic E-state index is 12.8. The Balaban J connectivity index is 2.49. The molecule has 0 spiro atoms. The van der Waals surface area contributed by atoms with E-state index in [-0.39, 0.29) is 5.15 Å². The Kier molecular flexibility index (Phi) is 2.60. The summed E-state index contributed by atoms with van der Waals surface area (Å²) in [4.78, 5) is 7.65. The fourth-order valence-electron chi connectivity index (χ4n) is 1.11. The van der Waals surface area contributed by atoms with E-state index in [9.17, 15) is 8.78 Å². The van der Waals surface area contributed by atoms with Crippen LogP contribution in [-0.4, -0.2) is 9.97 Å². The second kappa shape index (κ2) is 3.90. The highest BCUT2D eigenvalue weighted by Crippen LogP contribution is 2.19. The van der Waals surface area contributed by atoms with Gasteiger partial charge in [0.1, 0.15) is 16.8 Å². The summed E-state index contributed by atoms with van der Waals surface area (Å²) in [5.74, 6) is -1.55. The Morgan fingerprint density at radius 1 is 1.07 bits per heavy atom. The van der Waals surface area contributed by atoms with Gasteiger partial charge in [-0.15, -0.1) is 0 Å².